The number of guanidine groups is 1. The van der Waals surface area contributed by atoms with Gasteiger partial charge in [0.15, 0.2) is 5.96 Å². The van der Waals surface area contributed by atoms with Crippen molar-refractivity contribution in [3.8, 4) is 5.75 Å². The van der Waals surface area contributed by atoms with Crippen LogP contribution in [-0.4, -0.2) is 38.9 Å². The Hall–Kier alpha value is -1.02. The van der Waals surface area contributed by atoms with Gasteiger partial charge in [0.05, 0.1) is 13.2 Å². The largest absolute Gasteiger partial charge is 0.494 e. The summed E-state index contributed by atoms with van der Waals surface area (Å²) in [6, 6.07) is 8.16. The molecule has 1 aromatic rings. The standard InChI is InChI=1S/C20H33N3O2.HI/c1-3-12-25-19-8-5-7-18(14-19)15-23-20(21-4-2)22-11-6-13-24-16-17-9-10-17;/h5,7-8,14,17H,3-4,6,9-13,15-16H2,1-2H3,(H2,21,22,23);1H. The van der Waals surface area contributed by atoms with Crippen LogP contribution in [0.3, 0.4) is 0 Å². The number of hydrogen-bond acceptors (Lipinski definition) is 3. The van der Waals surface area contributed by atoms with Gasteiger partial charge in [-0.1, -0.05) is 19.1 Å². The molecule has 0 aliphatic heterocycles. The first-order valence-corrected chi connectivity index (χ1v) is 9.63. The zero-order valence-corrected chi connectivity index (χ0v) is 18.5. The maximum atomic E-state index is 5.68. The second-order valence-electron chi connectivity index (χ2n) is 6.49. The molecule has 1 fully saturated rings. The summed E-state index contributed by atoms with van der Waals surface area (Å²) in [5.74, 6) is 2.61. The van der Waals surface area contributed by atoms with E-state index in [1.54, 1.807) is 0 Å². The van der Waals surface area contributed by atoms with E-state index in [0.717, 1.165) is 68.9 Å². The van der Waals surface area contributed by atoms with Crippen LogP contribution in [0.5, 0.6) is 5.75 Å². The number of hydrogen-bond donors (Lipinski definition) is 2. The van der Waals surface area contributed by atoms with Crippen molar-refractivity contribution in [3.63, 3.8) is 0 Å². The van der Waals surface area contributed by atoms with Gasteiger partial charge in [-0.05, 0) is 56.2 Å². The monoisotopic (exact) mass is 475 g/mol. The van der Waals surface area contributed by atoms with E-state index in [4.69, 9.17) is 9.47 Å². The van der Waals surface area contributed by atoms with Crippen molar-refractivity contribution >= 4 is 29.9 Å². The first-order valence-electron chi connectivity index (χ1n) is 9.63. The molecule has 5 nitrogen and oxygen atoms in total. The average Bonchev–Trinajstić information content (AvgIpc) is 3.45. The van der Waals surface area contributed by atoms with Crippen LogP contribution in [0, 0.1) is 5.92 Å². The highest BCUT2D eigenvalue weighted by molar-refractivity contribution is 14.0. The molecule has 0 radical (unpaired) electrons. The fraction of sp³-hybridized carbons (Fsp3) is 0.650. The molecule has 2 N–H and O–H groups in total. The van der Waals surface area contributed by atoms with Crippen molar-refractivity contribution in [1.82, 2.24) is 10.6 Å². The van der Waals surface area contributed by atoms with Crippen LogP contribution in [0.25, 0.3) is 0 Å². The van der Waals surface area contributed by atoms with E-state index in [1.807, 2.05) is 12.1 Å². The van der Waals surface area contributed by atoms with Gasteiger partial charge in [-0.25, -0.2) is 4.99 Å². The van der Waals surface area contributed by atoms with Crippen molar-refractivity contribution in [2.75, 3.05) is 32.9 Å². The molecular weight excluding hydrogens is 441 g/mol. The minimum atomic E-state index is 0. The Morgan fingerprint density at radius 3 is 2.77 bits per heavy atom. The Morgan fingerprint density at radius 1 is 1.19 bits per heavy atom. The van der Waals surface area contributed by atoms with E-state index >= 15 is 0 Å². The molecular formula is C20H34IN3O2. The second-order valence-corrected chi connectivity index (χ2v) is 6.49. The van der Waals surface area contributed by atoms with Gasteiger partial charge in [0.1, 0.15) is 5.75 Å². The lowest BCUT2D eigenvalue weighted by Crippen LogP contribution is -2.38. The summed E-state index contributed by atoms with van der Waals surface area (Å²) in [6.45, 7) is 9.05. The molecule has 0 aromatic heterocycles. The number of halogens is 1. The lowest BCUT2D eigenvalue weighted by molar-refractivity contribution is 0.123. The zero-order valence-electron chi connectivity index (χ0n) is 16.1. The predicted octanol–water partition coefficient (Wildman–Crippen LogP) is 3.97. The quantitative estimate of drug-likeness (QED) is 0.208. The van der Waals surface area contributed by atoms with Gasteiger partial charge < -0.3 is 20.1 Å². The van der Waals surface area contributed by atoms with Gasteiger partial charge in [-0.15, -0.1) is 24.0 Å². The highest BCUT2D eigenvalue weighted by Gasteiger charge is 2.20. The van der Waals surface area contributed by atoms with Crippen LogP contribution in [0.2, 0.25) is 0 Å². The molecule has 0 heterocycles. The topological polar surface area (TPSA) is 54.9 Å². The molecule has 0 atom stereocenters. The molecule has 1 aliphatic rings. The average molecular weight is 475 g/mol. The van der Waals surface area contributed by atoms with Crippen molar-refractivity contribution in [3.05, 3.63) is 29.8 Å². The molecule has 0 amide bonds. The van der Waals surface area contributed by atoms with Crippen LogP contribution in [0.4, 0.5) is 0 Å². The zero-order chi connectivity index (χ0) is 17.7. The van der Waals surface area contributed by atoms with Crippen LogP contribution in [0.15, 0.2) is 29.3 Å². The third-order valence-corrected chi connectivity index (χ3v) is 3.94. The number of benzene rings is 1. The fourth-order valence-corrected chi connectivity index (χ4v) is 2.38. The van der Waals surface area contributed by atoms with Crippen molar-refractivity contribution < 1.29 is 9.47 Å². The smallest absolute Gasteiger partial charge is 0.191 e. The highest BCUT2D eigenvalue weighted by Crippen LogP contribution is 2.28. The van der Waals surface area contributed by atoms with Gasteiger partial charge in [0.25, 0.3) is 0 Å². The maximum Gasteiger partial charge on any atom is 0.191 e. The van der Waals surface area contributed by atoms with Gasteiger partial charge in [0.2, 0.25) is 0 Å². The molecule has 2 rings (SSSR count). The molecule has 0 spiro atoms. The summed E-state index contributed by atoms with van der Waals surface area (Å²) < 4.78 is 11.3. The molecule has 0 bridgehead atoms. The maximum absolute atomic E-state index is 5.68. The molecule has 1 aliphatic carbocycles. The first kappa shape index (κ1) is 23.0. The summed E-state index contributed by atoms with van der Waals surface area (Å²) in [7, 11) is 0. The third kappa shape index (κ3) is 10.2. The highest BCUT2D eigenvalue weighted by atomic mass is 127. The molecule has 26 heavy (non-hydrogen) atoms. The summed E-state index contributed by atoms with van der Waals surface area (Å²) in [5, 5.41) is 6.66. The van der Waals surface area contributed by atoms with Gasteiger partial charge in [-0.2, -0.15) is 0 Å². The van der Waals surface area contributed by atoms with E-state index in [1.165, 1.54) is 12.8 Å². The summed E-state index contributed by atoms with van der Waals surface area (Å²) in [6.07, 6.45) is 4.71. The number of aliphatic imine (C=N–C) groups is 1. The van der Waals surface area contributed by atoms with E-state index in [0.29, 0.717) is 6.54 Å². The molecule has 0 saturated heterocycles. The minimum absolute atomic E-state index is 0. The van der Waals surface area contributed by atoms with Crippen molar-refractivity contribution in [2.45, 2.75) is 46.1 Å². The molecule has 6 heteroatoms. The third-order valence-electron chi connectivity index (χ3n) is 3.94. The predicted molar refractivity (Wildman–Crippen MR) is 119 cm³/mol. The Balaban J connectivity index is 0.00000338. The van der Waals surface area contributed by atoms with Crippen molar-refractivity contribution in [1.29, 1.82) is 0 Å². The molecule has 148 valence electrons. The Morgan fingerprint density at radius 2 is 2.04 bits per heavy atom. The van der Waals surface area contributed by atoms with Crippen LogP contribution in [0.1, 0.15) is 45.1 Å². The number of ether oxygens (including phenoxy) is 2. The van der Waals surface area contributed by atoms with E-state index in [-0.39, 0.29) is 24.0 Å². The fourth-order valence-electron chi connectivity index (χ4n) is 2.38. The lowest BCUT2D eigenvalue weighted by atomic mass is 10.2. The summed E-state index contributed by atoms with van der Waals surface area (Å²) >= 11 is 0. The van der Waals surface area contributed by atoms with Crippen LogP contribution >= 0.6 is 24.0 Å². The minimum Gasteiger partial charge on any atom is -0.494 e. The van der Waals surface area contributed by atoms with E-state index < -0.39 is 0 Å². The number of nitrogens with zero attached hydrogens (tertiary/aromatic N) is 1. The lowest BCUT2D eigenvalue weighted by Gasteiger charge is -2.12. The van der Waals surface area contributed by atoms with Crippen LogP contribution in [-0.2, 0) is 11.3 Å². The Labute approximate surface area is 175 Å². The second kappa shape index (κ2) is 14.1. The molecule has 0 unspecified atom stereocenters. The molecule has 1 saturated carbocycles. The molecule has 1 aromatic carbocycles. The first-order chi connectivity index (χ1) is 12.3. The van der Waals surface area contributed by atoms with Gasteiger partial charge in [0, 0.05) is 26.3 Å². The van der Waals surface area contributed by atoms with Crippen molar-refractivity contribution in [2.24, 2.45) is 10.9 Å². The number of rotatable bonds is 12. The van der Waals surface area contributed by atoms with Gasteiger partial charge >= 0.3 is 0 Å². The summed E-state index contributed by atoms with van der Waals surface area (Å²) in [5.41, 5.74) is 1.15. The number of nitrogens with one attached hydrogen (secondary N) is 2. The summed E-state index contributed by atoms with van der Waals surface area (Å²) in [4.78, 5) is 4.66. The van der Waals surface area contributed by atoms with Gasteiger partial charge in [-0.3, -0.25) is 0 Å². The van der Waals surface area contributed by atoms with Crippen LogP contribution < -0.4 is 15.4 Å². The van der Waals surface area contributed by atoms with E-state index in [9.17, 15) is 0 Å². The SMILES string of the molecule is CCCOc1cccc(CN=C(NCC)NCCCOCC2CC2)c1.I. The Bertz CT molecular complexity index is 522. The normalized spacial score (nSPS) is 13.8. The van der Waals surface area contributed by atoms with E-state index in [2.05, 4.69) is 41.6 Å². The Kier molecular flexibility index (Phi) is 12.5.